The van der Waals surface area contributed by atoms with Crippen molar-refractivity contribution in [2.75, 3.05) is 0 Å². The highest BCUT2D eigenvalue weighted by Crippen LogP contribution is 2.24. The summed E-state index contributed by atoms with van der Waals surface area (Å²) in [6.07, 6.45) is 0. The lowest BCUT2D eigenvalue weighted by atomic mass is 10.1. The van der Waals surface area contributed by atoms with Crippen LogP contribution in [-0.4, -0.2) is 5.11 Å². The van der Waals surface area contributed by atoms with E-state index < -0.39 is 5.82 Å². The third-order valence-corrected chi connectivity index (χ3v) is 3.00. The fourth-order valence-electron chi connectivity index (χ4n) is 1.76. The monoisotopic (exact) mass is 291 g/mol. The van der Waals surface area contributed by atoms with Crippen LogP contribution in [-0.2, 0) is 13.2 Å². The minimum Gasteiger partial charge on any atom is -0.488 e. The van der Waals surface area contributed by atoms with Gasteiger partial charge in [0.2, 0.25) is 0 Å². The summed E-state index contributed by atoms with van der Waals surface area (Å²) in [5.41, 5.74) is 1.34. The van der Waals surface area contributed by atoms with E-state index >= 15 is 0 Å². The molecule has 0 aliphatic heterocycles. The van der Waals surface area contributed by atoms with Gasteiger partial charge in [0.25, 0.3) is 0 Å². The summed E-state index contributed by atoms with van der Waals surface area (Å²) >= 11 is 5.82. The van der Waals surface area contributed by atoms with Crippen LogP contribution in [0.5, 0.6) is 5.75 Å². The highest BCUT2D eigenvalue weighted by molar-refractivity contribution is 6.30. The molecular formula is C15H11ClFNO2. The predicted octanol–water partition coefficient (Wildman–Crippen LogP) is 3.42. The quantitative estimate of drug-likeness (QED) is 0.939. The number of aliphatic hydroxyl groups excluding tert-OH is 1. The van der Waals surface area contributed by atoms with Gasteiger partial charge in [-0.3, -0.25) is 0 Å². The summed E-state index contributed by atoms with van der Waals surface area (Å²) in [5.74, 6) is 0.0196. The molecule has 2 aromatic rings. The van der Waals surface area contributed by atoms with Gasteiger partial charge in [0.1, 0.15) is 18.2 Å². The summed E-state index contributed by atoms with van der Waals surface area (Å²) in [6.45, 7) is -0.181. The van der Waals surface area contributed by atoms with Crippen LogP contribution in [0.4, 0.5) is 4.39 Å². The maximum atomic E-state index is 13.2. The molecule has 0 spiro atoms. The van der Waals surface area contributed by atoms with Crippen molar-refractivity contribution in [2.45, 2.75) is 13.2 Å². The first-order chi connectivity index (χ1) is 9.63. The minimum absolute atomic E-state index is 0.0370. The highest BCUT2D eigenvalue weighted by Gasteiger charge is 2.08. The summed E-state index contributed by atoms with van der Waals surface area (Å²) in [7, 11) is 0. The Kier molecular flexibility index (Phi) is 4.57. The smallest absolute Gasteiger partial charge is 0.125 e. The van der Waals surface area contributed by atoms with Crippen molar-refractivity contribution in [3.8, 4) is 11.8 Å². The second kappa shape index (κ2) is 6.38. The molecular weight excluding hydrogens is 281 g/mol. The van der Waals surface area contributed by atoms with Gasteiger partial charge in [-0.05, 0) is 36.4 Å². The van der Waals surface area contributed by atoms with Crippen LogP contribution in [0.1, 0.15) is 16.7 Å². The van der Waals surface area contributed by atoms with Crippen molar-refractivity contribution in [2.24, 2.45) is 0 Å². The molecule has 0 atom stereocenters. The molecule has 0 saturated heterocycles. The van der Waals surface area contributed by atoms with Gasteiger partial charge in [0.15, 0.2) is 0 Å². The van der Waals surface area contributed by atoms with Crippen molar-refractivity contribution in [1.29, 1.82) is 5.26 Å². The molecule has 20 heavy (non-hydrogen) atoms. The summed E-state index contributed by atoms with van der Waals surface area (Å²) in [6, 6.07) is 10.7. The zero-order valence-electron chi connectivity index (χ0n) is 10.4. The first kappa shape index (κ1) is 14.3. The van der Waals surface area contributed by atoms with Crippen LogP contribution in [0.2, 0.25) is 5.02 Å². The predicted molar refractivity (Wildman–Crippen MR) is 72.8 cm³/mol. The SMILES string of the molecule is N#Cc1ccc(F)cc1COc1ccc(Cl)cc1CO. The van der Waals surface area contributed by atoms with Crippen molar-refractivity contribution in [3.05, 3.63) is 63.9 Å². The Morgan fingerprint density at radius 3 is 2.70 bits per heavy atom. The standard InChI is InChI=1S/C15H11ClFNO2/c16-13-2-4-15(11(5-13)8-19)20-9-12-6-14(17)3-1-10(12)7-18/h1-6,19H,8-9H2. The third kappa shape index (κ3) is 3.27. The Morgan fingerprint density at radius 2 is 2.00 bits per heavy atom. The second-order valence-corrected chi connectivity index (χ2v) is 4.55. The third-order valence-electron chi connectivity index (χ3n) is 2.76. The van der Waals surface area contributed by atoms with E-state index in [2.05, 4.69) is 0 Å². The molecule has 0 saturated carbocycles. The first-order valence-electron chi connectivity index (χ1n) is 5.84. The topological polar surface area (TPSA) is 53.2 Å². The summed E-state index contributed by atoms with van der Waals surface area (Å²) in [4.78, 5) is 0. The van der Waals surface area contributed by atoms with Gasteiger partial charge in [-0.2, -0.15) is 5.26 Å². The van der Waals surface area contributed by atoms with Gasteiger partial charge in [0.05, 0.1) is 18.2 Å². The number of rotatable bonds is 4. The van der Waals surface area contributed by atoms with E-state index in [0.717, 1.165) is 0 Å². The van der Waals surface area contributed by atoms with E-state index in [1.54, 1.807) is 18.2 Å². The van der Waals surface area contributed by atoms with Gasteiger partial charge in [-0.25, -0.2) is 4.39 Å². The molecule has 102 valence electrons. The van der Waals surface area contributed by atoms with Gasteiger partial charge < -0.3 is 9.84 Å². The number of benzene rings is 2. The zero-order valence-corrected chi connectivity index (χ0v) is 11.2. The van der Waals surface area contributed by atoms with Crippen LogP contribution in [0, 0.1) is 17.1 Å². The largest absolute Gasteiger partial charge is 0.488 e. The number of hydrogen-bond acceptors (Lipinski definition) is 3. The van der Waals surface area contributed by atoms with Crippen LogP contribution < -0.4 is 4.74 Å². The molecule has 0 bridgehead atoms. The number of nitrogens with zero attached hydrogens (tertiary/aromatic N) is 1. The van der Waals surface area contributed by atoms with E-state index in [1.807, 2.05) is 6.07 Å². The summed E-state index contributed by atoms with van der Waals surface area (Å²) < 4.78 is 18.7. The van der Waals surface area contributed by atoms with E-state index in [-0.39, 0.29) is 13.2 Å². The number of aliphatic hydroxyl groups is 1. The minimum atomic E-state index is -0.430. The lowest BCUT2D eigenvalue weighted by molar-refractivity contribution is 0.259. The molecule has 0 aliphatic rings. The molecule has 0 aromatic heterocycles. The maximum absolute atomic E-state index is 13.2. The molecule has 3 nitrogen and oxygen atoms in total. The fraction of sp³-hybridized carbons (Fsp3) is 0.133. The molecule has 1 N–H and O–H groups in total. The van der Waals surface area contributed by atoms with Crippen molar-refractivity contribution < 1.29 is 14.2 Å². The molecule has 0 amide bonds. The molecule has 2 rings (SSSR count). The molecule has 0 aliphatic carbocycles. The summed E-state index contributed by atoms with van der Waals surface area (Å²) in [5, 5.41) is 18.7. The molecule has 0 heterocycles. The van der Waals surface area contributed by atoms with E-state index in [0.29, 0.717) is 27.5 Å². The van der Waals surface area contributed by atoms with Gasteiger partial charge in [-0.15, -0.1) is 0 Å². The first-order valence-corrected chi connectivity index (χ1v) is 6.22. The molecule has 0 unspecified atom stereocenters. The number of ether oxygens (including phenoxy) is 1. The van der Waals surface area contributed by atoms with Gasteiger partial charge >= 0.3 is 0 Å². The van der Waals surface area contributed by atoms with Crippen LogP contribution in [0.25, 0.3) is 0 Å². The van der Waals surface area contributed by atoms with Crippen LogP contribution in [0.15, 0.2) is 36.4 Å². The Morgan fingerprint density at radius 1 is 1.20 bits per heavy atom. The average molecular weight is 292 g/mol. The fourth-order valence-corrected chi connectivity index (χ4v) is 1.95. The second-order valence-electron chi connectivity index (χ2n) is 4.11. The zero-order chi connectivity index (χ0) is 14.5. The molecule has 0 fully saturated rings. The van der Waals surface area contributed by atoms with Gasteiger partial charge in [-0.1, -0.05) is 11.6 Å². The van der Waals surface area contributed by atoms with Crippen LogP contribution >= 0.6 is 11.6 Å². The highest BCUT2D eigenvalue weighted by atomic mass is 35.5. The number of nitriles is 1. The van der Waals surface area contributed by atoms with Crippen molar-refractivity contribution in [3.63, 3.8) is 0 Å². The Labute approximate surface area is 120 Å². The van der Waals surface area contributed by atoms with Gasteiger partial charge in [0, 0.05) is 16.1 Å². The van der Waals surface area contributed by atoms with E-state index in [1.165, 1.54) is 18.2 Å². The van der Waals surface area contributed by atoms with Crippen molar-refractivity contribution >= 4 is 11.6 Å². The Hall–Kier alpha value is -2.09. The lowest BCUT2D eigenvalue weighted by Crippen LogP contribution is -2.01. The van der Waals surface area contributed by atoms with E-state index in [9.17, 15) is 9.50 Å². The van der Waals surface area contributed by atoms with E-state index in [4.69, 9.17) is 21.6 Å². The maximum Gasteiger partial charge on any atom is 0.125 e. The number of hydrogen-bond donors (Lipinski definition) is 1. The Bertz CT molecular complexity index is 667. The lowest BCUT2D eigenvalue weighted by Gasteiger charge is -2.11. The molecule has 0 radical (unpaired) electrons. The normalized spacial score (nSPS) is 10.1. The molecule has 2 aromatic carbocycles. The average Bonchev–Trinajstić information content (AvgIpc) is 2.46. The van der Waals surface area contributed by atoms with Crippen LogP contribution in [0.3, 0.4) is 0 Å². The number of halogens is 2. The Balaban J connectivity index is 2.21. The van der Waals surface area contributed by atoms with Crippen molar-refractivity contribution in [1.82, 2.24) is 0 Å². The molecule has 5 heteroatoms.